The summed E-state index contributed by atoms with van der Waals surface area (Å²) in [5.74, 6) is 2.10. The van der Waals surface area contributed by atoms with E-state index in [9.17, 15) is 0 Å². The first kappa shape index (κ1) is 9.64. The van der Waals surface area contributed by atoms with Gasteiger partial charge in [0.1, 0.15) is 5.82 Å². The molecule has 3 heteroatoms. The summed E-state index contributed by atoms with van der Waals surface area (Å²) in [4.78, 5) is 2.59. The molecule has 2 unspecified atom stereocenters. The molecule has 2 heterocycles. The summed E-state index contributed by atoms with van der Waals surface area (Å²) in [6.45, 7) is 2.36. The van der Waals surface area contributed by atoms with E-state index in [0.717, 1.165) is 18.5 Å². The fraction of sp³-hybridized carbons (Fsp3) is 0.750. The van der Waals surface area contributed by atoms with Gasteiger partial charge in [-0.25, -0.2) is 0 Å². The van der Waals surface area contributed by atoms with Crippen molar-refractivity contribution in [1.82, 2.24) is 10.2 Å². The lowest BCUT2D eigenvalue weighted by molar-refractivity contribution is 0.167. The Bertz CT molecular complexity index is 311. The van der Waals surface area contributed by atoms with Crippen LogP contribution in [0.5, 0.6) is 0 Å². The van der Waals surface area contributed by atoms with Gasteiger partial charge < -0.3 is 10.2 Å². The second kappa shape index (κ2) is 3.78. The molecule has 2 nitrogen and oxygen atoms in total. The highest BCUT2D eigenvalue weighted by molar-refractivity contribution is 7.79. The molecule has 3 rings (SSSR count). The van der Waals surface area contributed by atoms with Gasteiger partial charge in [0.25, 0.3) is 0 Å². The van der Waals surface area contributed by atoms with E-state index in [2.05, 4.69) is 10.2 Å². The van der Waals surface area contributed by atoms with Gasteiger partial charge in [-0.1, -0.05) is 25.1 Å². The lowest BCUT2D eigenvalue weighted by Crippen LogP contribution is -2.43. The van der Waals surface area contributed by atoms with Crippen LogP contribution < -0.4 is 5.32 Å². The molecule has 2 fully saturated rings. The zero-order valence-electron chi connectivity index (χ0n) is 9.04. The highest BCUT2D eigenvalue weighted by Crippen LogP contribution is 2.41. The fourth-order valence-corrected chi connectivity index (χ4v) is 3.72. The molecule has 1 saturated carbocycles. The number of hydrogen-bond acceptors (Lipinski definition) is 3. The van der Waals surface area contributed by atoms with Crippen molar-refractivity contribution in [3.8, 4) is 0 Å². The zero-order chi connectivity index (χ0) is 10.3. The van der Waals surface area contributed by atoms with Crippen LogP contribution in [0.2, 0.25) is 0 Å². The molecule has 1 saturated heterocycles. The van der Waals surface area contributed by atoms with Crippen LogP contribution in [0, 0.1) is 5.92 Å². The third-order valence-corrected chi connectivity index (χ3v) is 4.34. The molecule has 0 aromatic rings. The van der Waals surface area contributed by atoms with Crippen molar-refractivity contribution >= 4 is 17.6 Å². The van der Waals surface area contributed by atoms with Crippen molar-refractivity contribution in [3.63, 3.8) is 0 Å². The van der Waals surface area contributed by atoms with Gasteiger partial charge in [0.2, 0.25) is 0 Å². The minimum atomic E-state index is 0.733. The molecule has 0 radical (unpaired) electrons. The number of hydrogen-bond donors (Lipinski definition) is 1. The molecule has 1 N–H and O–H groups in total. The lowest BCUT2D eigenvalue weighted by Gasteiger charge is -2.37. The van der Waals surface area contributed by atoms with E-state index in [4.69, 9.17) is 12.2 Å². The van der Waals surface area contributed by atoms with Crippen molar-refractivity contribution in [3.05, 3.63) is 11.4 Å². The molecule has 2 aliphatic heterocycles. The number of thiocarbonyl (C=S) groups is 1. The van der Waals surface area contributed by atoms with Crippen molar-refractivity contribution < 1.29 is 0 Å². The van der Waals surface area contributed by atoms with Crippen LogP contribution in [-0.2, 0) is 0 Å². The number of nitrogens with zero attached hydrogens (tertiary/aromatic N) is 1. The van der Waals surface area contributed by atoms with Crippen molar-refractivity contribution in [2.45, 2.75) is 38.1 Å². The fourth-order valence-electron chi connectivity index (χ4n) is 3.44. The summed E-state index contributed by atoms with van der Waals surface area (Å²) in [5, 5.41) is 5.47. The van der Waals surface area contributed by atoms with E-state index in [1.54, 1.807) is 0 Å². The van der Waals surface area contributed by atoms with E-state index in [-0.39, 0.29) is 0 Å². The Balaban J connectivity index is 1.95. The molecule has 0 aromatic carbocycles. The molecular weight excluding hydrogens is 204 g/mol. The van der Waals surface area contributed by atoms with Crippen LogP contribution in [0.3, 0.4) is 0 Å². The maximum absolute atomic E-state index is 5.20. The normalized spacial score (nSPS) is 34.5. The Hall–Kier alpha value is -0.570. The van der Waals surface area contributed by atoms with E-state index in [1.807, 2.05) is 5.37 Å². The summed E-state index contributed by atoms with van der Waals surface area (Å²) in [6, 6.07) is 0.760. The lowest BCUT2D eigenvalue weighted by atomic mass is 9.82. The Kier molecular flexibility index (Phi) is 2.43. The standard InChI is InChI=1S/C12H18N2S/c15-8-10-9-4-1-2-5-11(9)14-7-3-6-13-12(10)14/h8-9,11,13H,1-7H2. The molecule has 82 valence electrons. The maximum atomic E-state index is 5.20. The first-order chi connectivity index (χ1) is 7.42. The minimum absolute atomic E-state index is 0.733. The van der Waals surface area contributed by atoms with E-state index in [0.29, 0.717) is 0 Å². The van der Waals surface area contributed by atoms with Gasteiger partial charge in [-0.3, -0.25) is 0 Å². The van der Waals surface area contributed by atoms with E-state index >= 15 is 0 Å². The van der Waals surface area contributed by atoms with Crippen LogP contribution in [0.4, 0.5) is 0 Å². The largest absolute Gasteiger partial charge is 0.371 e. The summed E-state index contributed by atoms with van der Waals surface area (Å²) in [5.41, 5.74) is 1.43. The third kappa shape index (κ3) is 1.40. The second-order valence-electron chi connectivity index (χ2n) is 4.85. The summed E-state index contributed by atoms with van der Waals surface area (Å²) in [6.07, 6.45) is 6.76. The number of rotatable bonds is 1. The Morgan fingerprint density at radius 1 is 1.27 bits per heavy atom. The Morgan fingerprint density at radius 2 is 2.13 bits per heavy atom. The Morgan fingerprint density at radius 3 is 3.00 bits per heavy atom. The predicted octanol–water partition coefficient (Wildman–Crippen LogP) is 2.07. The van der Waals surface area contributed by atoms with E-state index < -0.39 is 0 Å². The first-order valence-corrected chi connectivity index (χ1v) is 6.59. The predicted molar refractivity (Wildman–Crippen MR) is 65.8 cm³/mol. The van der Waals surface area contributed by atoms with Gasteiger partial charge in [-0.05, 0) is 19.3 Å². The number of nitrogens with one attached hydrogen (secondary N) is 1. The topological polar surface area (TPSA) is 15.3 Å². The molecule has 0 spiro atoms. The highest BCUT2D eigenvalue weighted by atomic mass is 32.1. The molecule has 3 aliphatic rings. The second-order valence-corrected chi connectivity index (χ2v) is 5.09. The van der Waals surface area contributed by atoms with Crippen LogP contribution >= 0.6 is 12.2 Å². The quantitative estimate of drug-likeness (QED) is 0.684. The van der Waals surface area contributed by atoms with Gasteiger partial charge >= 0.3 is 0 Å². The summed E-state index contributed by atoms with van der Waals surface area (Å²) >= 11 is 5.20. The molecular formula is C12H18N2S. The summed E-state index contributed by atoms with van der Waals surface area (Å²) in [7, 11) is 0. The molecule has 2 atom stereocenters. The average Bonchev–Trinajstić information content (AvgIpc) is 2.63. The third-order valence-electron chi connectivity index (χ3n) is 4.09. The molecule has 0 amide bonds. The maximum Gasteiger partial charge on any atom is 0.106 e. The van der Waals surface area contributed by atoms with Crippen LogP contribution in [0.25, 0.3) is 0 Å². The van der Waals surface area contributed by atoms with E-state index in [1.165, 1.54) is 50.0 Å². The van der Waals surface area contributed by atoms with Gasteiger partial charge in [-0.2, -0.15) is 0 Å². The van der Waals surface area contributed by atoms with Gasteiger partial charge in [-0.15, -0.1) is 0 Å². The highest BCUT2D eigenvalue weighted by Gasteiger charge is 2.41. The van der Waals surface area contributed by atoms with Crippen molar-refractivity contribution in [1.29, 1.82) is 0 Å². The Labute approximate surface area is 96.7 Å². The monoisotopic (exact) mass is 222 g/mol. The van der Waals surface area contributed by atoms with Crippen molar-refractivity contribution in [2.24, 2.45) is 5.92 Å². The zero-order valence-corrected chi connectivity index (χ0v) is 9.85. The van der Waals surface area contributed by atoms with Crippen LogP contribution in [0.15, 0.2) is 11.4 Å². The van der Waals surface area contributed by atoms with Crippen molar-refractivity contribution in [2.75, 3.05) is 13.1 Å². The average molecular weight is 222 g/mol. The SMILES string of the molecule is S=CC1=C2NCCCN2C2CCCCC12. The van der Waals surface area contributed by atoms with Gasteiger partial charge in [0.15, 0.2) is 0 Å². The molecule has 0 bridgehead atoms. The van der Waals surface area contributed by atoms with Gasteiger partial charge in [0.05, 0.1) is 0 Å². The molecule has 1 aliphatic carbocycles. The first-order valence-electron chi connectivity index (χ1n) is 6.11. The smallest absolute Gasteiger partial charge is 0.106 e. The molecule has 15 heavy (non-hydrogen) atoms. The summed E-state index contributed by atoms with van der Waals surface area (Å²) < 4.78 is 0. The van der Waals surface area contributed by atoms with Crippen LogP contribution in [-0.4, -0.2) is 29.4 Å². The van der Waals surface area contributed by atoms with Crippen LogP contribution in [0.1, 0.15) is 32.1 Å². The molecule has 0 aromatic heterocycles. The van der Waals surface area contributed by atoms with Gasteiger partial charge in [0, 0.05) is 36.0 Å². The minimum Gasteiger partial charge on any atom is -0.371 e. The number of fused-ring (bicyclic) bond motifs is 3.